The van der Waals surface area contributed by atoms with Crippen molar-refractivity contribution in [2.45, 2.75) is 32.4 Å². The molecule has 2 aromatic rings. The Kier molecular flexibility index (Phi) is 5.21. The number of halogens is 2. The largest absolute Gasteiger partial charge is 0.481 e. The lowest BCUT2D eigenvalue weighted by Gasteiger charge is -2.26. The van der Waals surface area contributed by atoms with Gasteiger partial charge in [-0.1, -0.05) is 42.8 Å². The van der Waals surface area contributed by atoms with Gasteiger partial charge in [0.1, 0.15) is 6.10 Å². The van der Waals surface area contributed by atoms with Crippen LogP contribution in [0.15, 0.2) is 42.5 Å². The van der Waals surface area contributed by atoms with Crippen LogP contribution in [0.5, 0.6) is 5.75 Å². The van der Waals surface area contributed by atoms with Crippen molar-refractivity contribution in [2.24, 2.45) is 5.73 Å². The number of hydrogen-bond donors (Lipinski definition) is 1. The van der Waals surface area contributed by atoms with Crippen LogP contribution in [-0.2, 0) is 0 Å². The van der Waals surface area contributed by atoms with Crippen molar-refractivity contribution < 1.29 is 9.13 Å². The zero-order valence-electron chi connectivity index (χ0n) is 12.1. The van der Waals surface area contributed by atoms with Gasteiger partial charge in [0.25, 0.3) is 0 Å². The minimum atomic E-state index is -0.486. The van der Waals surface area contributed by atoms with Crippen LogP contribution in [0.1, 0.15) is 30.6 Å². The van der Waals surface area contributed by atoms with Gasteiger partial charge in [-0.15, -0.1) is 0 Å². The van der Waals surface area contributed by atoms with Crippen molar-refractivity contribution in [1.29, 1.82) is 0 Å². The molecule has 0 aromatic heterocycles. The molecule has 0 spiro atoms. The molecule has 2 atom stereocenters. The Hall–Kier alpha value is -1.58. The average molecular weight is 308 g/mol. The molecule has 0 bridgehead atoms. The quantitative estimate of drug-likeness (QED) is 0.873. The summed E-state index contributed by atoms with van der Waals surface area (Å²) in [6, 6.07) is 11.8. The zero-order chi connectivity index (χ0) is 15.4. The van der Waals surface area contributed by atoms with Gasteiger partial charge in [-0.05, 0) is 37.1 Å². The Balaban J connectivity index is 2.38. The summed E-state index contributed by atoms with van der Waals surface area (Å²) in [4.78, 5) is 0. The van der Waals surface area contributed by atoms with Crippen LogP contribution in [-0.4, -0.2) is 6.04 Å². The third-order valence-electron chi connectivity index (χ3n) is 3.41. The number of rotatable bonds is 5. The molecule has 0 saturated heterocycles. The fourth-order valence-electron chi connectivity index (χ4n) is 2.14. The predicted octanol–water partition coefficient (Wildman–Crippen LogP) is 4.64. The molecular weight excluding hydrogens is 289 g/mol. The number of hydrogen-bond acceptors (Lipinski definition) is 2. The van der Waals surface area contributed by atoms with Gasteiger partial charge in [-0.2, -0.15) is 0 Å². The van der Waals surface area contributed by atoms with Gasteiger partial charge in [0.15, 0.2) is 11.6 Å². The van der Waals surface area contributed by atoms with Crippen molar-refractivity contribution in [2.75, 3.05) is 0 Å². The van der Waals surface area contributed by atoms with Gasteiger partial charge in [0.2, 0.25) is 0 Å². The highest BCUT2D eigenvalue weighted by atomic mass is 35.5. The average Bonchev–Trinajstić information content (AvgIpc) is 2.48. The number of ether oxygens (including phenoxy) is 1. The molecular formula is C17H19ClFNO. The van der Waals surface area contributed by atoms with Gasteiger partial charge in [0.05, 0.1) is 0 Å². The number of aryl methyl sites for hydroxylation is 1. The SMILES string of the molecule is CCC(N)C(Oc1cc(C)ccc1F)c1ccccc1Cl. The summed E-state index contributed by atoms with van der Waals surface area (Å²) in [5, 5.41) is 0.569. The fraction of sp³-hybridized carbons (Fsp3) is 0.294. The van der Waals surface area contributed by atoms with Gasteiger partial charge < -0.3 is 10.5 Å². The summed E-state index contributed by atoms with van der Waals surface area (Å²) in [5.74, 6) is -0.204. The molecule has 0 amide bonds. The molecule has 0 heterocycles. The predicted molar refractivity (Wildman–Crippen MR) is 84.2 cm³/mol. The van der Waals surface area contributed by atoms with E-state index in [2.05, 4.69) is 0 Å². The maximum atomic E-state index is 13.9. The Morgan fingerprint density at radius 3 is 2.62 bits per heavy atom. The second-order valence-corrected chi connectivity index (χ2v) is 5.47. The van der Waals surface area contributed by atoms with Crippen LogP contribution in [0, 0.1) is 12.7 Å². The standard InChI is InChI=1S/C17H19ClFNO/c1-3-15(20)17(12-6-4-5-7-13(12)18)21-16-10-11(2)8-9-14(16)19/h4-10,15,17H,3,20H2,1-2H3. The summed E-state index contributed by atoms with van der Waals surface area (Å²) in [5.41, 5.74) is 7.85. The zero-order valence-corrected chi connectivity index (χ0v) is 12.9. The van der Waals surface area contributed by atoms with Gasteiger partial charge in [-0.25, -0.2) is 4.39 Å². The van der Waals surface area contributed by atoms with E-state index in [-0.39, 0.29) is 11.8 Å². The summed E-state index contributed by atoms with van der Waals surface area (Å²) in [7, 11) is 0. The van der Waals surface area contributed by atoms with Gasteiger partial charge >= 0.3 is 0 Å². The minimum absolute atomic E-state index is 0.198. The molecule has 0 aliphatic carbocycles. The van der Waals surface area contributed by atoms with Crippen LogP contribution < -0.4 is 10.5 Å². The van der Waals surface area contributed by atoms with Gasteiger partial charge in [0, 0.05) is 16.6 Å². The van der Waals surface area contributed by atoms with Crippen molar-refractivity contribution >= 4 is 11.6 Å². The number of nitrogens with two attached hydrogens (primary N) is 1. The maximum Gasteiger partial charge on any atom is 0.165 e. The first-order valence-electron chi connectivity index (χ1n) is 6.95. The Labute approximate surface area is 129 Å². The van der Waals surface area contributed by atoms with E-state index in [0.717, 1.165) is 11.1 Å². The third-order valence-corrected chi connectivity index (χ3v) is 3.76. The summed E-state index contributed by atoms with van der Waals surface area (Å²) in [6.45, 7) is 3.85. The van der Waals surface area contributed by atoms with E-state index in [4.69, 9.17) is 22.1 Å². The minimum Gasteiger partial charge on any atom is -0.481 e. The van der Waals surface area contributed by atoms with Crippen molar-refractivity contribution in [3.8, 4) is 5.75 Å². The van der Waals surface area contributed by atoms with E-state index in [9.17, 15) is 4.39 Å². The molecule has 0 saturated carbocycles. The third kappa shape index (κ3) is 3.74. The van der Waals surface area contributed by atoms with E-state index in [1.165, 1.54) is 6.07 Å². The Bertz CT molecular complexity index is 617. The monoisotopic (exact) mass is 307 g/mol. The maximum absolute atomic E-state index is 13.9. The second-order valence-electron chi connectivity index (χ2n) is 5.07. The van der Waals surface area contributed by atoms with E-state index in [1.54, 1.807) is 18.2 Å². The first kappa shape index (κ1) is 15.8. The molecule has 2 rings (SSSR count). The molecule has 21 heavy (non-hydrogen) atoms. The summed E-state index contributed by atoms with van der Waals surface area (Å²) in [6.07, 6.45) is 0.212. The van der Waals surface area contributed by atoms with Gasteiger partial charge in [-0.3, -0.25) is 0 Å². The lowest BCUT2D eigenvalue weighted by atomic mass is 10.0. The second kappa shape index (κ2) is 6.92. The highest BCUT2D eigenvalue weighted by Gasteiger charge is 2.24. The van der Waals surface area contributed by atoms with E-state index in [0.29, 0.717) is 11.4 Å². The first-order chi connectivity index (χ1) is 10.0. The molecule has 2 unspecified atom stereocenters. The first-order valence-corrected chi connectivity index (χ1v) is 7.33. The van der Waals surface area contributed by atoms with Crippen LogP contribution in [0.3, 0.4) is 0 Å². The summed E-state index contributed by atoms with van der Waals surface area (Å²) >= 11 is 6.23. The fourth-order valence-corrected chi connectivity index (χ4v) is 2.38. The Morgan fingerprint density at radius 2 is 1.95 bits per heavy atom. The number of benzene rings is 2. The molecule has 0 fully saturated rings. The highest BCUT2D eigenvalue weighted by molar-refractivity contribution is 6.31. The van der Waals surface area contributed by atoms with E-state index < -0.39 is 11.9 Å². The topological polar surface area (TPSA) is 35.2 Å². The molecule has 2 nitrogen and oxygen atoms in total. The molecule has 2 N–H and O–H groups in total. The van der Waals surface area contributed by atoms with Crippen molar-refractivity contribution in [3.63, 3.8) is 0 Å². The normalized spacial score (nSPS) is 13.8. The van der Waals surface area contributed by atoms with Crippen molar-refractivity contribution in [3.05, 3.63) is 64.4 Å². The van der Waals surface area contributed by atoms with Crippen LogP contribution in [0.25, 0.3) is 0 Å². The molecule has 0 radical (unpaired) electrons. The Morgan fingerprint density at radius 1 is 1.24 bits per heavy atom. The van der Waals surface area contributed by atoms with Crippen LogP contribution in [0.4, 0.5) is 4.39 Å². The van der Waals surface area contributed by atoms with Crippen molar-refractivity contribution in [1.82, 2.24) is 0 Å². The lowest BCUT2D eigenvalue weighted by Crippen LogP contribution is -2.31. The van der Waals surface area contributed by atoms with Crippen LogP contribution >= 0.6 is 11.6 Å². The van der Waals surface area contributed by atoms with Crippen LogP contribution in [0.2, 0.25) is 5.02 Å². The molecule has 0 aliphatic heterocycles. The van der Waals surface area contributed by atoms with E-state index in [1.807, 2.05) is 32.0 Å². The smallest absolute Gasteiger partial charge is 0.165 e. The summed E-state index contributed by atoms with van der Waals surface area (Å²) < 4.78 is 19.8. The molecule has 4 heteroatoms. The molecule has 112 valence electrons. The molecule has 2 aromatic carbocycles. The van der Waals surface area contributed by atoms with E-state index >= 15 is 0 Å². The highest BCUT2D eigenvalue weighted by Crippen LogP contribution is 2.31. The lowest BCUT2D eigenvalue weighted by molar-refractivity contribution is 0.163. The molecule has 0 aliphatic rings.